The molecule has 0 saturated heterocycles. The SMILES string of the molecule is CCN(C(=O)c1ccc2nc(N)c3c(c2c1)CO[C@@H]3C)C(C)c1ccc(C(F)(F)F)nn1. The summed E-state index contributed by atoms with van der Waals surface area (Å²) >= 11 is 0. The van der Waals surface area contributed by atoms with Crippen molar-refractivity contribution >= 4 is 22.6 Å². The highest BCUT2D eigenvalue weighted by Gasteiger charge is 2.33. The van der Waals surface area contributed by atoms with Crippen molar-refractivity contribution in [2.75, 3.05) is 12.3 Å². The van der Waals surface area contributed by atoms with Crippen molar-refractivity contribution in [2.24, 2.45) is 0 Å². The highest BCUT2D eigenvalue weighted by Crippen LogP contribution is 2.38. The highest BCUT2D eigenvalue weighted by atomic mass is 19.4. The number of alkyl halides is 3. The van der Waals surface area contributed by atoms with E-state index in [0.29, 0.717) is 30.0 Å². The van der Waals surface area contributed by atoms with Crippen LogP contribution in [0.5, 0.6) is 0 Å². The van der Waals surface area contributed by atoms with Gasteiger partial charge in [0, 0.05) is 23.1 Å². The number of aromatic nitrogens is 3. The number of halogens is 3. The summed E-state index contributed by atoms with van der Waals surface area (Å²) < 4.78 is 44.0. The van der Waals surface area contributed by atoms with Crippen LogP contribution in [0.4, 0.5) is 19.0 Å². The number of anilines is 1. The zero-order valence-electron chi connectivity index (χ0n) is 17.8. The number of rotatable bonds is 4. The molecule has 32 heavy (non-hydrogen) atoms. The second-order valence-corrected chi connectivity index (χ2v) is 7.68. The number of benzene rings is 1. The summed E-state index contributed by atoms with van der Waals surface area (Å²) in [6.07, 6.45) is -4.74. The van der Waals surface area contributed by atoms with Gasteiger partial charge in [0.2, 0.25) is 0 Å². The van der Waals surface area contributed by atoms with Crippen LogP contribution in [-0.2, 0) is 17.5 Å². The molecule has 2 atom stereocenters. The van der Waals surface area contributed by atoms with Crippen molar-refractivity contribution in [3.8, 4) is 0 Å². The smallest absolute Gasteiger partial charge is 0.383 e. The van der Waals surface area contributed by atoms with Gasteiger partial charge in [-0.25, -0.2) is 4.98 Å². The monoisotopic (exact) mass is 445 g/mol. The summed E-state index contributed by atoms with van der Waals surface area (Å²) in [6, 6.07) is 6.70. The number of ether oxygens (including phenoxy) is 1. The molecule has 0 spiro atoms. The quantitative estimate of drug-likeness (QED) is 0.638. The maximum Gasteiger partial charge on any atom is 0.435 e. The van der Waals surface area contributed by atoms with Gasteiger partial charge in [0.05, 0.1) is 30.0 Å². The van der Waals surface area contributed by atoms with E-state index >= 15 is 0 Å². The summed E-state index contributed by atoms with van der Waals surface area (Å²) in [4.78, 5) is 19.3. The topological polar surface area (TPSA) is 94.2 Å². The lowest BCUT2D eigenvalue weighted by molar-refractivity contribution is -0.141. The third-order valence-corrected chi connectivity index (χ3v) is 5.77. The van der Waals surface area contributed by atoms with Crippen LogP contribution in [0.3, 0.4) is 0 Å². The molecular formula is C22H22F3N5O2. The van der Waals surface area contributed by atoms with Gasteiger partial charge in [-0.05, 0) is 56.7 Å². The van der Waals surface area contributed by atoms with Gasteiger partial charge >= 0.3 is 6.18 Å². The molecule has 1 amide bonds. The average molecular weight is 445 g/mol. The number of hydrogen-bond donors (Lipinski definition) is 1. The first kappa shape index (κ1) is 21.9. The Morgan fingerprint density at radius 3 is 2.66 bits per heavy atom. The summed E-state index contributed by atoms with van der Waals surface area (Å²) in [5, 5.41) is 7.76. The predicted molar refractivity (Wildman–Crippen MR) is 112 cm³/mol. The number of nitrogen functional groups attached to an aromatic ring is 1. The summed E-state index contributed by atoms with van der Waals surface area (Å²) in [6.45, 7) is 6.11. The lowest BCUT2D eigenvalue weighted by Gasteiger charge is -2.27. The minimum atomic E-state index is -4.57. The normalized spacial score (nSPS) is 16.8. The molecule has 2 aromatic heterocycles. The van der Waals surface area contributed by atoms with Crippen molar-refractivity contribution in [3.05, 3.63) is 58.4 Å². The Kier molecular flexibility index (Phi) is 5.49. The number of pyridine rings is 1. The van der Waals surface area contributed by atoms with Crippen LogP contribution in [0, 0.1) is 0 Å². The first-order chi connectivity index (χ1) is 15.1. The zero-order chi connectivity index (χ0) is 23.2. The minimum Gasteiger partial charge on any atom is -0.383 e. The lowest BCUT2D eigenvalue weighted by atomic mass is 9.99. The Hall–Kier alpha value is -3.27. The Morgan fingerprint density at radius 1 is 1.28 bits per heavy atom. The number of carbonyl (C=O) groups excluding carboxylic acids is 1. The van der Waals surface area contributed by atoms with E-state index in [0.717, 1.165) is 22.6 Å². The van der Waals surface area contributed by atoms with Crippen molar-refractivity contribution in [1.82, 2.24) is 20.1 Å². The number of nitrogens with zero attached hydrogens (tertiary/aromatic N) is 4. The molecule has 1 aromatic carbocycles. The minimum absolute atomic E-state index is 0.174. The number of amides is 1. The van der Waals surface area contributed by atoms with E-state index in [1.54, 1.807) is 32.0 Å². The second-order valence-electron chi connectivity index (χ2n) is 7.68. The van der Waals surface area contributed by atoms with Gasteiger partial charge in [-0.2, -0.15) is 18.3 Å². The molecule has 1 unspecified atom stereocenters. The van der Waals surface area contributed by atoms with Crippen molar-refractivity contribution < 1.29 is 22.7 Å². The van der Waals surface area contributed by atoms with Crippen molar-refractivity contribution in [2.45, 2.75) is 45.7 Å². The summed E-state index contributed by atoms with van der Waals surface area (Å²) in [5.41, 5.74) is 8.13. The fraction of sp³-hybridized carbons (Fsp3) is 0.364. The standard InChI is InChI=1S/C22H22F3N5O2/c1-4-30(11(2)16-7-8-18(29-28-16)22(23,24)25)21(31)13-5-6-17-14(9-13)15-10-32-12(3)19(15)20(26)27-17/h5-9,11-12H,4,10H2,1-3H3,(H2,26,27)/t11?,12-/m1/s1. The number of fused-ring (bicyclic) bond motifs is 3. The van der Waals surface area contributed by atoms with Gasteiger partial charge in [-0.15, -0.1) is 5.10 Å². The van der Waals surface area contributed by atoms with Crippen LogP contribution in [-0.4, -0.2) is 32.5 Å². The molecule has 0 bridgehead atoms. The van der Waals surface area contributed by atoms with Crippen LogP contribution in [0.25, 0.3) is 10.9 Å². The van der Waals surface area contributed by atoms with Crippen LogP contribution >= 0.6 is 0 Å². The molecule has 0 aliphatic carbocycles. The predicted octanol–water partition coefficient (Wildman–Crippen LogP) is 4.44. The van der Waals surface area contributed by atoms with Crippen LogP contribution < -0.4 is 5.73 Å². The zero-order valence-corrected chi connectivity index (χ0v) is 17.8. The van der Waals surface area contributed by atoms with Crippen molar-refractivity contribution in [3.63, 3.8) is 0 Å². The molecule has 3 heterocycles. The average Bonchev–Trinajstić information content (AvgIpc) is 3.16. The van der Waals surface area contributed by atoms with Gasteiger partial charge in [0.1, 0.15) is 5.82 Å². The van der Waals surface area contributed by atoms with Gasteiger partial charge in [0.15, 0.2) is 5.69 Å². The van der Waals surface area contributed by atoms with Gasteiger partial charge in [0.25, 0.3) is 5.91 Å². The third-order valence-electron chi connectivity index (χ3n) is 5.77. The molecule has 0 fully saturated rings. The molecule has 3 aromatic rings. The molecule has 2 N–H and O–H groups in total. The number of nitrogens with two attached hydrogens (primary N) is 1. The van der Waals surface area contributed by atoms with E-state index in [9.17, 15) is 18.0 Å². The largest absolute Gasteiger partial charge is 0.435 e. The van der Waals surface area contributed by atoms with Crippen LogP contribution in [0.2, 0.25) is 0 Å². The molecule has 0 radical (unpaired) electrons. The highest BCUT2D eigenvalue weighted by molar-refractivity contribution is 5.99. The summed E-state index contributed by atoms with van der Waals surface area (Å²) in [7, 11) is 0. The maximum absolute atomic E-state index is 13.3. The number of hydrogen-bond acceptors (Lipinski definition) is 6. The Morgan fingerprint density at radius 2 is 2.03 bits per heavy atom. The molecule has 0 saturated carbocycles. The van der Waals surface area contributed by atoms with E-state index in [2.05, 4.69) is 15.2 Å². The van der Waals surface area contributed by atoms with E-state index in [1.165, 1.54) is 11.0 Å². The first-order valence-electron chi connectivity index (χ1n) is 10.2. The fourth-order valence-corrected chi connectivity index (χ4v) is 4.03. The molecule has 1 aliphatic heterocycles. The summed E-state index contributed by atoms with van der Waals surface area (Å²) in [5.74, 6) is 0.141. The van der Waals surface area contributed by atoms with Crippen LogP contribution in [0.1, 0.15) is 65.8 Å². The van der Waals surface area contributed by atoms with E-state index in [1.807, 2.05) is 6.92 Å². The molecular weight excluding hydrogens is 423 g/mol. The van der Waals surface area contributed by atoms with Crippen molar-refractivity contribution in [1.29, 1.82) is 0 Å². The molecule has 168 valence electrons. The molecule has 1 aliphatic rings. The second kappa shape index (κ2) is 8.01. The fourth-order valence-electron chi connectivity index (χ4n) is 4.03. The maximum atomic E-state index is 13.3. The molecule has 7 nitrogen and oxygen atoms in total. The molecule has 4 rings (SSSR count). The van der Waals surface area contributed by atoms with Crippen LogP contribution in [0.15, 0.2) is 30.3 Å². The number of carbonyl (C=O) groups is 1. The van der Waals surface area contributed by atoms with Gasteiger partial charge < -0.3 is 15.4 Å². The Balaban J connectivity index is 1.67. The van der Waals surface area contributed by atoms with E-state index < -0.39 is 17.9 Å². The third kappa shape index (κ3) is 3.75. The van der Waals surface area contributed by atoms with E-state index in [-0.39, 0.29) is 17.7 Å². The van der Waals surface area contributed by atoms with Gasteiger partial charge in [-0.3, -0.25) is 4.79 Å². The Labute approximate surface area is 182 Å². The van der Waals surface area contributed by atoms with E-state index in [4.69, 9.17) is 10.5 Å². The molecule has 10 heteroatoms. The van der Waals surface area contributed by atoms with Gasteiger partial charge in [-0.1, -0.05) is 0 Å². The lowest BCUT2D eigenvalue weighted by Crippen LogP contribution is -2.34. The first-order valence-corrected chi connectivity index (χ1v) is 10.2. The Bertz CT molecular complexity index is 1180.